The van der Waals surface area contributed by atoms with Gasteiger partial charge < -0.3 is 15.3 Å². The molecule has 4 saturated carbocycles. The largest absolute Gasteiger partial charge is 0.396 e. The smallest absolute Gasteiger partial charge is 0.0624 e. The second-order valence-electron chi connectivity index (χ2n) is 14.5. The Morgan fingerprint density at radius 2 is 1.55 bits per heavy atom. The molecule has 4 fully saturated rings. The first-order valence-corrected chi connectivity index (χ1v) is 14.0. The third-order valence-corrected chi connectivity index (χ3v) is 13.3. The van der Waals surface area contributed by atoms with Crippen LogP contribution in [0.2, 0.25) is 0 Å². The number of fused-ring (bicyclic) bond motifs is 6. The fraction of sp³-hybridized carbons (Fsp3) is 0.933. The highest BCUT2D eigenvalue weighted by molar-refractivity contribution is 5.26. The molecule has 33 heavy (non-hydrogen) atoms. The van der Waals surface area contributed by atoms with Gasteiger partial charge in [-0.3, -0.25) is 0 Å². The summed E-state index contributed by atoms with van der Waals surface area (Å²) >= 11 is 0. The van der Waals surface area contributed by atoms with Crippen LogP contribution in [0.25, 0.3) is 0 Å². The molecule has 5 rings (SSSR count). The van der Waals surface area contributed by atoms with Crippen molar-refractivity contribution in [2.75, 3.05) is 6.61 Å². The quantitative estimate of drug-likeness (QED) is 0.437. The maximum absolute atomic E-state index is 11.1. The van der Waals surface area contributed by atoms with Crippen molar-refractivity contribution < 1.29 is 15.3 Å². The zero-order chi connectivity index (χ0) is 24.0. The van der Waals surface area contributed by atoms with Gasteiger partial charge in [-0.2, -0.15) is 0 Å². The Morgan fingerprint density at radius 1 is 0.818 bits per heavy atom. The highest BCUT2D eigenvalue weighted by Crippen LogP contribution is 2.71. The van der Waals surface area contributed by atoms with Crippen molar-refractivity contribution >= 4 is 0 Å². The molecule has 0 unspecified atom stereocenters. The Bertz CT molecular complexity index is 821. The SMILES string of the molecule is CC[C@]1(C)[C@H]2CC[C@@]3(C)CC4=CC[C@H]5[C@](C)(CO)[C@H](O)C[C@]5(C)[C@H]4CC[C@@H]3[C@@]2(C)CC[C@@H]1O. The van der Waals surface area contributed by atoms with Crippen LogP contribution in [0.5, 0.6) is 0 Å². The topological polar surface area (TPSA) is 60.7 Å². The van der Waals surface area contributed by atoms with Crippen LogP contribution in [0.4, 0.5) is 0 Å². The van der Waals surface area contributed by atoms with E-state index in [1.54, 1.807) is 5.57 Å². The minimum absolute atomic E-state index is 0.0439. The molecule has 11 atom stereocenters. The predicted octanol–water partition coefficient (Wildman–Crippen LogP) is 6.11. The predicted molar refractivity (Wildman–Crippen MR) is 134 cm³/mol. The molecule has 0 bridgehead atoms. The molecule has 0 aromatic rings. The van der Waals surface area contributed by atoms with Gasteiger partial charge in [-0.05, 0) is 110 Å². The Kier molecular flexibility index (Phi) is 5.57. The minimum Gasteiger partial charge on any atom is -0.396 e. The Labute approximate surface area is 202 Å². The molecular weight excluding hydrogens is 408 g/mol. The summed E-state index contributed by atoms with van der Waals surface area (Å²) in [6, 6.07) is 0. The first kappa shape index (κ1) is 24.3. The van der Waals surface area contributed by atoms with Gasteiger partial charge in [0.1, 0.15) is 0 Å². The first-order chi connectivity index (χ1) is 15.4. The fourth-order valence-corrected chi connectivity index (χ4v) is 11.1. The van der Waals surface area contributed by atoms with Crippen molar-refractivity contribution in [3.05, 3.63) is 11.6 Å². The summed E-state index contributed by atoms with van der Waals surface area (Å²) < 4.78 is 0. The van der Waals surface area contributed by atoms with Crippen LogP contribution in [0, 0.1) is 50.7 Å². The Hall–Kier alpha value is -0.380. The number of hydrogen-bond acceptors (Lipinski definition) is 3. The summed E-state index contributed by atoms with van der Waals surface area (Å²) in [6.45, 7) is 14.5. The molecule has 0 amide bonds. The average Bonchev–Trinajstić information content (AvgIpc) is 2.87. The molecule has 0 aliphatic heterocycles. The molecule has 5 aliphatic carbocycles. The highest BCUT2D eigenvalue weighted by Gasteiger charge is 2.65. The summed E-state index contributed by atoms with van der Waals surface area (Å²) in [7, 11) is 0. The van der Waals surface area contributed by atoms with Crippen molar-refractivity contribution in [1.29, 1.82) is 0 Å². The van der Waals surface area contributed by atoms with Crippen LogP contribution in [-0.2, 0) is 0 Å². The van der Waals surface area contributed by atoms with Gasteiger partial charge in [0.25, 0.3) is 0 Å². The first-order valence-electron chi connectivity index (χ1n) is 14.0. The average molecular weight is 459 g/mol. The molecule has 0 aromatic heterocycles. The molecular formula is C30H50O3. The number of aliphatic hydroxyl groups is 3. The van der Waals surface area contributed by atoms with E-state index in [1.165, 1.54) is 38.5 Å². The van der Waals surface area contributed by atoms with Crippen molar-refractivity contribution in [3.8, 4) is 0 Å². The monoisotopic (exact) mass is 458 g/mol. The molecule has 0 saturated heterocycles. The maximum atomic E-state index is 11.1. The van der Waals surface area contributed by atoms with Crippen LogP contribution in [0.1, 0.15) is 106 Å². The summed E-state index contributed by atoms with van der Waals surface area (Å²) in [6.07, 6.45) is 13.3. The molecule has 3 N–H and O–H groups in total. The summed E-state index contributed by atoms with van der Waals surface area (Å²) in [5, 5.41) is 32.4. The minimum atomic E-state index is -0.404. The van der Waals surface area contributed by atoms with Gasteiger partial charge in [0, 0.05) is 5.41 Å². The number of aliphatic hydroxyl groups excluding tert-OH is 3. The lowest BCUT2D eigenvalue weighted by Crippen LogP contribution is -2.59. The fourth-order valence-electron chi connectivity index (χ4n) is 11.1. The van der Waals surface area contributed by atoms with Gasteiger partial charge in [0.2, 0.25) is 0 Å². The molecule has 5 aliphatic rings. The van der Waals surface area contributed by atoms with E-state index < -0.39 is 6.10 Å². The van der Waals surface area contributed by atoms with Gasteiger partial charge in [-0.25, -0.2) is 0 Å². The van der Waals surface area contributed by atoms with E-state index in [2.05, 4.69) is 47.6 Å². The Morgan fingerprint density at radius 3 is 2.21 bits per heavy atom. The highest BCUT2D eigenvalue weighted by atomic mass is 16.3. The van der Waals surface area contributed by atoms with E-state index in [-0.39, 0.29) is 29.0 Å². The summed E-state index contributed by atoms with van der Waals surface area (Å²) in [4.78, 5) is 0. The van der Waals surface area contributed by atoms with Gasteiger partial charge in [-0.1, -0.05) is 53.2 Å². The van der Waals surface area contributed by atoms with Crippen LogP contribution < -0.4 is 0 Å². The molecule has 0 radical (unpaired) electrons. The molecule has 3 heteroatoms. The van der Waals surface area contributed by atoms with E-state index in [9.17, 15) is 15.3 Å². The lowest BCUT2D eigenvalue weighted by atomic mass is 9.41. The molecule has 0 heterocycles. The molecule has 3 nitrogen and oxygen atoms in total. The van der Waals surface area contributed by atoms with Gasteiger partial charge in [-0.15, -0.1) is 0 Å². The Balaban J connectivity index is 1.50. The van der Waals surface area contributed by atoms with Crippen LogP contribution in [0.15, 0.2) is 11.6 Å². The van der Waals surface area contributed by atoms with Gasteiger partial charge >= 0.3 is 0 Å². The van der Waals surface area contributed by atoms with Crippen molar-refractivity contribution in [1.82, 2.24) is 0 Å². The van der Waals surface area contributed by atoms with E-state index in [4.69, 9.17) is 0 Å². The lowest BCUT2D eigenvalue weighted by molar-refractivity contribution is -0.178. The zero-order valence-corrected chi connectivity index (χ0v) is 22.2. The second kappa shape index (κ2) is 7.56. The molecule has 188 valence electrons. The summed E-state index contributed by atoms with van der Waals surface area (Å²) in [5.74, 6) is 2.21. The van der Waals surface area contributed by atoms with Crippen molar-refractivity contribution in [2.45, 2.75) is 118 Å². The third-order valence-electron chi connectivity index (χ3n) is 13.3. The maximum Gasteiger partial charge on any atom is 0.0624 e. The van der Waals surface area contributed by atoms with Crippen LogP contribution in [0.3, 0.4) is 0 Å². The lowest BCUT2D eigenvalue weighted by Gasteiger charge is -2.64. The van der Waals surface area contributed by atoms with Crippen molar-refractivity contribution in [3.63, 3.8) is 0 Å². The standard InChI is InChI=1S/C30H50O3/c1-7-27(3)23-12-14-26(2)16-19-8-10-22-29(5,17-25(33)30(22,6)18-31)20(19)9-11-21(26)28(23,4)15-13-24(27)32/h8,20-25,31-33H,7,9-18H2,1-6H3/t20-,21-,22+,23+,24-,25+,26-,27+,28+,29+,30-/m0/s1. The summed E-state index contributed by atoms with van der Waals surface area (Å²) in [5.41, 5.74) is 2.07. The second-order valence-corrected chi connectivity index (χ2v) is 14.5. The van der Waals surface area contributed by atoms with Gasteiger partial charge in [0.15, 0.2) is 0 Å². The number of allylic oxidation sites excluding steroid dienone is 2. The van der Waals surface area contributed by atoms with E-state index >= 15 is 0 Å². The normalized spacial score (nSPS) is 58.4. The zero-order valence-electron chi connectivity index (χ0n) is 22.2. The van der Waals surface area contributed by atoms with E-state index in [0.717, 1.165) is 25.7 Å². The van der Waals surface area contributed by atoms with Gasteiger partial charge in [0.05, 0.1) is 18.8 Å². The van der Waals surface area contributed by atoms with Crippen molar-refractivity contribution in [2.24, 2.45) is 50.7 Å². The van der Waals surface area contributed by atoms with Crippen LogP contribution in [-0.4, -0.2) is 34.1 Å². The van der Waals surface area contributed by atoms with Crippen LogP contribution >= 0.6 is 0 Å². The van der Waals surface area contributed by atoms with E-state index in [1.807, 2.05) is 0 Å². The van der Waals surface area contributed by atoms with E-state index in [0.29, 0.717) is 34.5 Å². The third kappa shape index (κ3) is 3.03. The number of hydrogen-bond donors (Lipinski definition) is 3. The molecule has 0 spiro atoms. The molecule has 0 aromatic carbocycles. The number of rotatable bonds is 2.